The molecule has 0 N–H and O–H groups in total. The van der Waals surface area contributed by atoms with Crippen LogP contribution in [0.25, 0.3) is 0 Å². The number of Topliss-reactive ketones (excluding diaryl/α,β-unsaturated/α-hetero) is 1. The number of benzene rings is 2. The maximum absolute atomic E-state index is 12.3. The van der Waals surface area contributed by atoms with E-state index in [1.54, 1.807) is 36.0 Å². The largest absolute Gasteiger partial charge is 0.293 e. The van der Waals surface area contributed by atoms with Crippen LogP contribution in [0.15, 0.2) is 53.4 Å². The molecule has 0 spiro atoms. The summed E-state index contributed by atoms with van der Waals surface area (Å²) in [5, 5.41) is 0.540. The van der Waals surface area contributed by atoms with E-state index in [0.29, 0.717) is 10.6 Å². The lowest BCUT2D eigenvalue weighted by Gasteiger charge is -2.12. The van der Waals surface area contributed by atoms with E-state index in [4.69, 9.17) is 11.6 Å². The quantitative estimate of drug-likeness (QED) is 0.581. The summed E-state index contributed by atoms with van der Waals surface area (Å²) in [6, 6.07) is 15.2. The van der Waals surface area contributed by atoms with Crippen LogP contribution >= 0.6 is 23.4 Å². The highest BCUT2D eigenvalue weighted by Crippen LogP contribution is 2.28. The SMILES string of the molecule is Cc1ccccc1SC(C)C(=O)c1ccc(Cl)cc1. The average molecular weight is 291 g/mol. The molecule has 0 aliphatic rings. The van der Waals surface area contributed by atoms with E-state index in [9.17, 15) is 4.79 Å². The third-order valence-electron chi connectivity index (χ3n) is 2.90. The van der Waals surface area contributed by atoms with Crippen LogP contribution in [0.4, 0.5) is 0 Å². The van der Waals surface area contributed by atoms with E-state index >= 15 is 0 Å². The van der Waals surface area contributed by atoms with Gasteiger partial charge in [-0.25, -0.2) is 0 Å². The molecule has 0 amide bonds. The van der Waals surface area contributed by atoms with Gasteiger partial charge in [-0.2, -0.15) is 0 Å². The van der Waals surface area contributed by atoms with Crippen LogP contribution in [0.3, 0.4) is 0 Å². The fraction of sp³-hybridized carbons (Fsp3) is 0.188. The summed E-state index contributed by atoms with van der Waals surface area (Å²) in [6.07, 6.45) is 0. The highest BCUT2D eigenvalue weighted by atomic mass is 35.5. The van der Waals surface area contributed by atoms with Crippen molar-refractivity contribution in [3.05, 3.63) is 64.7 Å². The van der Waals surface area contributed by atoms with Crippen LogP contribution in [-0.4, -0.2) is 11.0 Å². The van der Waals surface area contributed by atoms with Gasteiger partial charge in [-0.1, -0.05) is 29.8 Å². The molecule has 0 fully saturated rings. The molecule has 1 unspecified atom stereocenters. The molecular weight excluding hydrogens is 276 g/mol. The lowest BCUT2D eigenvalue weighted by atomic mass is 10.1. The van der Waals surface area contributed by atoms with Gasteiger partial charge >= 0.3 is 0 Å². The lowest BCUT2D eigenvalue weighted by molar-refractivity contribution is 0.0994. The number of aryl methyl sites for hydroxylation is 1. The molecule has 0 bridgehead atoms. The standard InChI is InChI=1S/C16H15ClOS/c1-11-5-3-4-6-15(11)19-12(2)16(18)13-7-9-14(17)10-8-13/h3-10,12H,1-2H3. The summed E-state index contributed by atoms with van der Waals surface area (Å²) >= 11 is 7.42. The molecule has 0 heterocycles. The minimum atomic E-state index is -0.109. The first-order valence-electron chi connectivity index (χ1n) is 6.10. The number of thioether (sulfide) groups is 1. The van der Waals surface area contributed by atoms with Gasteiger partial charge in [-0.3, -0.25) is 4.79 Å². The van der Waals surface area contributed by atoms with Crippen molar-refractivity contribution in [3.8, 4) is 0 Å². The number of carbonyl (C=O) groups excluding carboxylic acids is 1. The summed E-state index contributed by atoms with van der Waals surface area (Å²) in [4.78, 5) is 13.5. The van der Waals surface area contributed by atoms with Crippen molar-refractivity contribution in [2.75, 3.05) is 0 Å². The zero-order chi connectivity index (χ0) is 13.8. The lowest BCUT2D eigenvalue weighted by Crippen LogP contribution is -2.13. The average Bonchev–Trinajstić information content (AvgIpc) is 2.41. The number of ketones is 1. The van der Waals surface area contributed by atoms with Crippen molar-refractivity contribution in [2.45, 2.75) is 24.0 Å². The molecule has 0 radical (unpaired) electrons. The number of hydrogen-bond donors (Lipinski definition) is 0. The van der Waals surface area contributed by atoms with Gasteiger partial charge in [0.1, 0.15) is 0 Å². The Kier molecular flexibility index (Phi) is 4.67. The monoisotopic (exact) mass is 290 g/mol. The van der Waals surface area contributed by atoms with Crippen molar-refractivity contribution in [3.63, 3.8) is 0 Å². The van der Waals surface area contributed by atoms with E-state index in [0.717, 1.165) is 4.90 Å². The maximum atomic E-state index is 12.3. The van der Waals surface area contributed by atoms with Crippen LogP contribution in [0.2, 0.25) is 5.02 Å². The molecule has 0 aliphatic heterocycles. The second-order valence-corrected chi connectivity index (χ2v) is 6.22. The smallest absolute Gasteiger partial charge is 0.175 e. The molecule has 19 heavy (non-hydrogen) atoms. The van der Waals surface area contributed by atoms with Crippen LogP contribution in [0.1, 0.15) is 22.8 Å². The highest BCUT2D eigenvalue weighted by Gasteiger charge is 2.17. The summed E-state index contributed by atoms with van der Waals surface area (Å²) < 4.78 is 0. The van der Waals surface area contributed by atoms with Gasteiger partial charge in [0, 0.05) is 15.5 Å². The van der Waals surface area contributed by atoms with Crippen molar-refractivity contribution in [1.82, 2.24) is 0 Å². The van der Waals surface area contributed by atoms with Gasteiger partial charge < -0.3 is 0 Å². The number of hydrogen-bond acceptors (Lipinski definition) is 2. The van der Waals surface area contributed by atoms with Crippen molar-refractivity contribution in [2.24, 2.45) is 0 Å². The first-order valence-corrected chi connectivity index (χ1v) is 7.36. The Hall–Kier alpha value is -1.25. The van der Waals surface area contributed by atoms with Crippen molar-refractivity contribution in [1.29, 1.82) is 0 Å². The second-order valence-electron chi connectivity index (χ2n) is 4.40. The molecule has 0 aromatic heterocycles. The molecular formula is C16H15ClOS. The molecule has 2 aromatic carbocycles. The molecule has 3 heteroatoms. The molecule has 2 rings (SSSR count). The van der Waals surface area contributed by atoms with Gasteiger partial charge in [-0.05, 0) is 49.7 Å². The van der Waals surface area contributed by atoms with E-state index < -0.39 is 0 Å². The summed E-state index contributed by atoms with van der Waals surface area (Å²) in [5.41, 5.74) is 1.90. The third-order valence-corrected chi connectivity index (χ3v) is 4.43. The van der Waals surface area contributed by atoms with Crippen molar-refractivity contribution < 1.29 is 4.79 Å². The first-order chi connectivity index (χ1) is 9.08. The molecule has 0 saturated heterocycles. The van der Waals surface area contributed by atoms with Gasteiger partial charge in [0.05, 0.1) is 5.25 Å². The van der Waals surface area contributed by atoms with Crippen molar-refractivity contribution >= 4 is 29.1 Å². The van der Waals surface area contributed by atoms with E-state index in [1.165, 1.54) is 5.56 Å². The zero-order valence-electron chi connectivity index (χ0n) is 10.9. The number of halogens is 1. The Morgan fingerprint density at radius 2 is 1.74 bits per heavy atom. The first kappa shape index (κ1) is 14.2. The van der Waals surface area contributed by atoms with E-state index in [-0.39, 0.29) is 11.0 Å². The van der Waals surface area contributed by atoms with E-state index in [2.05, 4.69) is 13.0 Å². The predicted octanol–water partition coefficient (Wildman–Crippen LogP) is 5.01. The van der Waals surface area contributed by atoms with Crippen LogP contribution in [0.5, 0.6) is 0 Å². The Labute approximate surface area is 123 Å². The minimum absolute atomic E-state index is 0.109. The van der Waals surface area contributed by atoms with Crippen LogP contribution < -0.4 is 0 Å². The summed E-state index contributed by atoms with van der Waals surface area (Å²) in [7, 11) is 0. The van der Waals surface area contributed by atoms with Crippen LogP contribution in [0, 0.1) is 6.92 Å². The fourth-order valence-electron chi connectivity index (χ4n) is 1.78. The van der Waals surface area contributed by atoms with Crippen LogP contribution in [-0.2, 0) is 0 Å². The number of rotatable bonds is 4. The Balaban J connectivity index is 2.12. The van der Waals surface area contributed by atoms with E-state index in [1.807, 2.05) is 25.1 Å². The predicted molar refractivity (Wildman–Crippen MR) is 82.3 cm³/mol. The molecule has 0 aliphatic carbocycles. The highest BCUT2D eigenvalue weighted by molar-refractivity contribution is 8.00. The topological polar surface area (TPSA) is 17.1 Å². The summed E-state index contributed by atoms with van der Waals surface area (Å²) in [6.45, 7) is 4.00. The Bertz CT molecular complexity index is 578. The van der Waals surface area contributed by atoms with Gasteiger partial charge in [0.15, 0.2) is 5.78 Å². The minimum Gasteiger partial charge on any atom is -0.293 e. The maximum Gasteiger partial charge on any atom is 0.175 e. The van der Waals surface area contributed by atoms with Gasteiger partial charge in [-0.15, -0.1) is 11.8 Å². The fourth-order valence-corrected chi connectivity index (χ4v) is 2.94. The molecule has 1 atom stereocenters. The number of carbonyl (C=O) groups is 1. The Morgan fingerprint density at radius 1 is 1.11 bits per heavy atom. The Morgan fingerprint density at radius 3 is 2.37 bits per heavy atom. The molecule has 98 valence electrons. The normalized spacial score (nSPS) is 12.2. The zero-order valence-corrected chi connectivity index (χ0v) is 12.5. The molecule has 0 saturated carbocycles. The molecule has 1 nitrogen and oxygen atoms in total. The summed E-state index contributed by atoms with van der Waals surface area (Å²) in [5.74, 6) is 0.130. The third kappa shape index (κ3) is 3.62. The van der Waals surface area contributed by atoms with Gasteiger partial charge in [0.2, 0.25) is 0 Å². The molecule has 2 aromatic rings. The second kappa shape index (κ2) is 6.27. The van der Waals surface area contributed by atoms with Gasteiger partial charge in [0.25, 0.3) is 0 Å².